The monoisotopic (exact) mass is 168 g/mol. The van der Waals surface area contributed by atoms with Gasteiger partial charge >= 0.3 is 13.6 Å². The van der Waals surface area contributed by atoms with E-state index in [-0.39, 0.29) is 19.0 Å². The SMILES string of the molecule is N.O=C(O)CNCP(=O)=O. The first-order valence-corrected chi connectivity index (χ1v) is 3.53. The summed E-state index contributed by atoms with van der Waals surface area (Å²) in [5.41, 5.74) is 0. The van der Waals surface area contributed by atoms with Gasteiger partial charge in [-0.15, -0.1) is 0 Å². The minimum Gasteiger partial charge on any atom is -0.480 e. The minimum atomic E-state index is -2.51. The molecule has 0 aliphatic carbocycles. The van der Waals surface area contributed by atoms with Gasteiger partial charge in [-0.05, 0) is 0 Å². The van der Waals surface area contributed by atoms with Gasteiger partial charge in [0.15, 0.2) is 0 Å². The number of carboxylic acid groups (broad SMARTS) is 1. The van der Waals surface area contributed by atoms with Gasteiger partial charge in [0.05, 0.1) is 6.54 Å². The van der Waals surface area contributed by atoms with Crippen LogP contribution in [0.15, 0.2) is 0 Å². The Morgan fingerprint density at radius 1 is 1.50 bits per heavy atom. The van der Waals surface area contributed by atoms with Crippen LogP contribution in [-0.4, -0.2) is 23.9 Å². The van der Waals surface area contributed by atoms with E-state index in [1.165, 1.54) is 0 Å². The lowest BCUT2D eigenvalue weighted by Crippen LogP contribution is -2.20. The van der Waals surface area contributed by atoms with Crippen molar-refractivity contribution in [2.45, 2.75) is 0 Å². The second-order valence-electron chi connectivity index (χ2n) is 1.31. The zero-order valence-electron chi connectivity index (χ0n) is 5.24. The smallest absolute Gasteiger partial charge is 0.329 e. The standard InChI is InChI=1S/C3H6NO4P.H3N/c5-3(6)1-4-2-9(7)8;/h4H,1-2H2,(H,5,6);1H3. The lowest BCUT2D eigenvalue weighted by Gasteiger charge is -1.89. The zero-order chi connectivity index (χ0) is 7.28. The summed E-state index contributed by atoms with van der Waals surface area (Å²) in [4.78, 5) is 9.72. The van der Waals surface area contributed by atoms with Crippen LogP contribution in [0.5, 0.6) is 0 Å². The summed E-state index contributed by atoms with van der Waals surface area (Å²) < 4.78 is 19.5. The van der Waals surface area contributed by atoms with Gasteiger partial charge in [0.1, 0.15) is 6.29 Å². The number of carboxylic acids is 1. The topological polar surface area (TPSA) is 118 Å². The number of aliphatic carboxylic acids is 1. The van der Waals surface area contributed by atoms with Crippen molar-refractivity contribution < 1.29 is 19.0 Å². The maximum atomic E-state index is 9.76. The first-order valence-electron chi connectivity index (χ1n) is 2.17. The Morgan fingerprint density at radius 3 is 2.30 bits per heavy atom. The predicted octanol–water partition coefficient (Wildman–Crippen LogP) is -0.0470. The van der Waals surface area contributed by atoms with Crippen molar-refractivity contribution in [2.75, 3.05) is 12.8 Å². The van der Waals surface area contributed by atoms with Crippen LogP contribution in [0.25, 0.3) is 0 Å². The molecule has 0 aromatic carbocycles. The summed E-state index contributed by atoms with van der Waals surface area (Å²) in [5, 5.41) is 10.2. The summed E-state index contributed by atoms with van der Waals surface area (Å²) in [6.45, 7) is -0.316. The number of carbonyl (C=O) groups is 1. The fourth-order valence-electron chi connectivity index (χ4n) is 0.254. The van der Waals surface area contributed by atoms with Crippen LogP contribution < -0.4 is 11.5 Å². The van der Waals surface area contributed by atoms with E-state index < -0.39 is 13.6 Å². The van der Waals surface area contributed by atoms with E-state index in [0.717, 1.165) is 0 Å². The maximum absolute atomic E-state index is 9.76. The average molecular weight is 168 g/mol. The third kappa shape index (κ3) is 10.3. The molecule has 0 aliphatic rings. The molecule has 10 heavy (non-hydrogen) atoms. The van der Waals surface area contributed by atoms with E-state index in [0.29, 0.717) is 0 Å². The normalized spacial score (nSPS) is 8.00. The van der Waals surface area contributed by atoms with Gasteiger partial charge in [0.2, 0.25) is 0 Å². The van der Waals surface area contributed by atoms with E-state index >= 15 is 0 Å². The third-order valence-electron chi connectivity index (χ3n) is 0.517. The lowest BCUT2D eigenvalue weighted by atomic mass is 10.7. The second-order valence-corrected chi connectivity index (χ2v) is 2.29. The van der Waals surface area contributed by atoms with Gasteiger partial charge in [-0.2, -0.15) is 0 Å². The molecule has 0 unspecified atom stereocenters. The Balaban J connectivity index is 0. The summed E-state index contributed by atoms with van der Waals surface area (Å²) in [5.74, 6) is -1.06. The van der Waals surface area contributed by atoms with Gasteiger partial charge in [0.25, 0.3) is 0 Å². The van der Waals surface area contributed by atoms with Gasteiger partial charge in [-0.25, -0.2) is 9.13 Å². The highest BCUT2D eigenvalue weighted by Crippen LogP contribution is 1.95. The molecule has 0 bridgehead atoms. The van der Waals surface area contributed by atoms with Gasteiger partial charge < -0.3 is 11.3 Å². The van der Waals surface area contributed by atoms with Crippen LogP contribution in [0, 0.1) is 0 Å². The molecular formula is C3H9N2O4P. The van der Waals surface area contributed by atoms with Crippen molar-refractivity contribution in [2.24, 2.45) is 0 Å². The van der Waals surface area contributed by atoms with Crippen LogP contribution in [0.3, 0.4) is 0 Å². The Hall–Kier alpha value is -0.710. The molecule has 5 N–H and O–H groups in total. The molecule has 0 amide bonds. The Morgan fingerprint density at radius 2 is 2.00 bits per heavy atom. The number of nitrogens with one attached hydrogen (secondary N) is 1. The van der Waals surface area contributed by atoms with Crippen molar-refractivity contribution in [3.05, 3.63) is 0 Å². The van der Waals surface area contributed by atoms with E-state index in [2.05, 4.69) is 5.32 Å². The Kier molecular flexibility index (Phi) is 7.70. The molecule has 7 heteroatoms. The fourth-order valence-corrected chi connectivity index (χ4v) is 0.548. The van der Waals surface area contributed by atoms with Crippen LogP contribution >= 0.6 is 7.68 Å². The molecule has 0 aliphatic heterocycles. The maximum Gasteiger partial charge on any atom is 0.329 e. The van der Waals surface area contributed by atoms with Crippen molar-refractivity contribution >= 4 is 13.6 Å². The average Bonchev–Trinajstić information content (AvgIpc) is 1.63. The van der Waals surface area contributed by atoms with Crippen molar-refractivity contribution in [3.8, 4) is 0 Å². The largest absolute Gasteiger partial charge is 0.480 e. The molecule has 0 heterocycles. The van der Waals surface area contributed by atoms with Crippen molar-refractivity contribution in [1.82, 2.24) is 11.5 Å². The highest BCUT2D eigenvalue weighted by Gasteiger charge is 1.95. The van der Waals surface area contributed by atoms with Gasteiger partial charge in [-0.1, -0.05) is 0 Å². The van der Waals surface area contributed by atoms with Crippen molar-refractivity contribution in [3.63, 3.8) is 0 Å². The molecule has 6 nitrogen and oxygen atoms in total. The van der Waals surface area contributed by atoms with E-state index in [1.807, 2.05) is 0 Å². The second kappa shape index (κ2) is 6.41. The first-order chi connectivity index (χ1) is 4.13. The molecule has 0 radical (unpaired) electrons. The quantitative estimate of drug-likeness (QED) is 0.506. The summed E-state index contributed by atoms with van der Waals surface area (Å²) in [7, 11) is -2.51. The zero-order valence-corrected chi connectivity index (χ0v) is 6.13. The Labute approximate surface area is 58.0 Å². The summed E-state index contributed by atoms with van der Waals surface area (Å²) in [6, 6.07) is 0. The number of hydrogen-bond acceptors (Lipinski definition) is 5. The molecule has 0 aromatic heterocycles. The van der Waals surface area contributed by atoms with E-state index in [1.54, 1.807) is 0 Å². The van der Waals surface area contributed by atoms with Crippen LogP contribution in [0.2, 0.25) is 0 Å². The molecule has 0 spiro atoms. The highest BCUT2D eigenvalue weighted by molar-refractivity contribution is 7.30. The fraction of sp³-hybridized carbons (Fsp3) is 0.667. The summed E-state index contributed by atoms with van der Waals surface area (Å²) in [6.07, 6.45) is -0.276. The van der Waals surface area contributed by atoms with Crippen LogP contribution in [-0.2, 0) is 13.9 Å². The van der Waals surface area contributed by atoms with E-state index in [4.69, 9.17) is 5.11 Å². The lowest BCUT2D eigenvalue weighted by molar-refractivity contribution is -0.135. The highest BCUT2D eigenvalue weighted by atomic mass is 31.1. The van der Waals surface area contributed by atoms with E-state index in [9.17, 15) is 13.9 Å². The number of rotatable bonds is 4. The molecule has 0 aromatic rings. The third-order valence-corrected chi connectivity index (χ3v) is 0.999. The molecule has 0 rings (SSSR count). The molecule has 0 fully saturated rings. The Bertz CT molecular complexity index is 158. The minimum absolute atomic E-state index is 0. The van der Waals surface area contributed by atoms with Gasteiger partial charge in [-0.3, -0.25) is 10.1 Å². The van der Waals surface area contributed by atoms with Crippen molar-refractivity contribution in [1.29, 1.82) is 0 Å². The number of hydrogen-bond donors (Lipinski definition) is 3. The first kappa shape index (κ1) is 12.0. The predicted molar refractivity (Wildman–Crippen MR) is 33.8 cm³/mol. The molecular weight excluding hydrogens is 159 g/mol. The van der Waals surface area contributed by atoms with Crippen LogP contribution in [0.4, 0.5) is 0 Å². The molecule has 60 valence electrons. The molecule has 0 saturated carbocycles. The van der Waals surface area contributed by atoms with Crippen LogP contribution in [0.1, 0.15) is 0 Å². The summed E-state index contributed by atoms with van der Waals surface area (Å²) >= 11 is 0. The van der Waals surface area contributed by atoms with Gasteiger partial charge in [0, 0.05) is 0 Å². The molecule has 0 atom stereocenters. The molecule has 0 saturated heterocycles.